The van der Waals surface area contributed by atoms with Gasteiger partial charge in [-0.25, -0.2) is 13.1 Å². The summed E-state index contributed by atoms with van der Waals surface area (Å²) in [4.78, 5) is 12.2. The van der Waals surface area contributed by atoms with Gasteiger partial charge in [-0.3, -0.25) is 4.79 Å². The summed E-state index contributed by atoms with van der Waals surface area (Å²) in [5, 5.41) is 2.52. The van der Waals surface area contributed by atoms with Crippen molar-refractivity contribution < 1.29 is 17.6 Å². The molecule has 0 fully saturated rings. The number of furan rings is 1. The standard InChI is InChI=1S/C13H23N3O4S/c1-8(2)5-10(7-14)16-13(17)11-6-12(20-9(11)3)21(18,19)15-4/h6,8,10,15H,5,7,14H2,1-4H3,(H,16,17). The quantitative estimate of drug-likeness (QED) is 0.681. The summed E-state index contributed by atoms with van der Waals surface area (Å²) >= 11 is 0. The first-order chi connectivity index (χ1) is 9.71. The summed E-state index contributed by atoms with van der Waals surface area (Å²) in [6, 6.07) is 1.07. The molecule has 1 atom stereocenters. The summed E-state index contributed by atoms with van der Waals surface area (Å²) < 4.78 is 30.6. The molecule has 1 rings (SSSR count). The first kappa shape index (κ1) is 17.7. The van der Waals surface area contributed by atoms with Gasteiger partial charge in [-0.15, -0.1) is 0 Å². The molecule has 1 unspecified atom stereocenters. The molecule has 7 nitrogen and oxygen atoms in total. The molecule has 0 saturated heterocycles. The van der Waals surface area contributed by atoms with Crippen LogP contribution >= 0.6 is 0 Å². The normalized spacial score (nSPS) is 13.4. The molecule has 1 aromatic heterocycles. The van der Waals surface area contributed by atoms with Gasteiger partial charge >= 0.3 is 0 Å². The highest BCUT2D eigenvalue weighted by molar-refractivity contribution is 7.89. The highest BCUT2D eigenvalue weighted by Gasteiger charge is 2.23. The molecule has 0 aliphatic heterocycles. The maximum absolute atomic E-state index is 12.2. The van der Waals surface area contributed by atoms with Crippen LogP contribution in [-0.4, -0.2) is 34.0 Å². The lowest BCUT2D eigenvalue weighted by molar-refractivity contribution is 0.0932. The van der Waals surface area contributed by atoms with E-state index in [0.29, 0.717) is 12.5 Å². The van der Waals surface area contributed by atoms with Gasteiger partial charge < -0.3 is 15.5 Å². The second kappa shape index (κ2) is 7.06. The summed E-state index contributed by atoms with van der Waals surface area (Å²) in [5.41, 5.74) is 5.84. The van der Waals surface area contributed by atoms with E-state index in [-0.39, 0.29) is 28.4 Å². The van der Waals surface area contributed by atoms with Gasteiger partial charge in [-0.1, -0.05) is 13.8 Å². The number of hydrogen-bond acceptors (Lipinski definition) is 5. The Bertz CT molecular complexity index is 593. The fourth-order valence-electron chi connectivity index (χ4n) is 1.96. The van der Waals surface area contributed by atoms with Crippen LogP contribution in [0.15, 0.2) is 15.6 Å². The Morgan fingerprint density at radius 3 is 2.52 bits per heavy atom. The maximum atomic E-state index is 12.2. The van der Waals surface area contributed by atoms with E-state index in [0.717, 1.165) is 6.42 Å². The zero-order valence-electron chi connectivity index (χ0n) is 12.8. The molecular weight excluding hydrogens is 294 g/mol. The number of sulfonamides is 1. The molecule has 1 aromatic rings. The van der Waals surface area contributed by atoms with Crippen LogP contribution in [0.2, 0.25) is 0 Å². The predicted octanol–water partition coefficient (Wildman–Crippen LogP) is 0.599. The Morgan fingerprint density at radius 1 is 1.43 bits per heavy atom. The molecule has 4 N–H and O–H groups in total. The third-order valence-electron chi connectivity index (χ3n) is 3.05. The van der Waals surface area contributed by atoms with Crippen molar-refractivity contribution in [3.63, 3.8) is 0 Å². The van der Waals surface area contributed by atoms with E-state index in [1.54, 1.807) is 6.92 Å². The molecule has 0 bridgehead atoms. The Labute approximate surface area is 125 Å². The minimum absolute atomic E-state index is 0.156. The van der Waals surface area contributed by atoms with Gasteiger partial charge in [0.2, 0.25) is 5.09 Å². The van der Waals surface area contributed by atoms with Gasteiger partial charge in [0.15, 0.2) is 0 Å². The smallest absolute Gasteiger partial charge is 0.273 e. The molecule has 8 heteroatoms. The van der Waals surface area contributed by atoms with Crippen LogP contribution in [0.4, 0.5) is 0 Å². The molecule has 120 valence electrons. The molecule has 0 aliphatic carbocycles. The van der Waals surface area contributed by atoms with Crippen molar-refractivity contribution in [3.8, 4) is 0 Å². The summed E-state index contributed by atoms with van der Waals surface area (Å²) in [7, 11) is -2.43. The van der Waals surface area contributed by atoms with Gasteiger partial charge in [0, 0.05) is 18.7 Å². The molecule has 0 spiro atoms. The van der Waals surface area contributed by atoms with E-state index in [1.807, 2.05) is 13.8 Å². The zero-order valence-corrected chi connectivity index (χ0v) is 13.6. The first-order valence-corrected chi connectivity index (χ1v) is 8.24. The highest BCUT2D eigenvalue weighted by atomic mass is 32.2. The number of carbonyl (C=O) groups is 1. The van der Waals surface area contributed by atoms with Gasteiger partial charge in [0.05, 0.1) is 5.56 Å². The predicted molar refractivity (Wildman–Crippen MR) is 79.5 cm³/mol. The Kier molecular flexibility index (Phi) is 5.94. The first-order valence-electron chi connectivity index (χ1n) is 6.76. The Hall–Kier alpha value is -1.38. The van der Waals surface area contributed by atoms with Crippen molar-refractivity contribution in [1.29, 1.82) is 0 Å². The molecule has 0 aliphatic rings. The SMILES string of the molecule is CNS(=O)(=O)c1cc(C(=O)NC(CN)CC(C)C)c(C)o1. The van der Waals surface area contributed by atoms with Crippen LogP contribution in [0, 0.1) is 12.8 Å². The van der Waals surface area contributed by atoms with Crippen molar-refractivity contribution in [2.45, 2.75) is 38.3 Å². The van der Waals surface area contributed by atoms with E-state index >= 15 is 0 Å². The summed E-state index contributed by atoms with van der Waals surface area (Å²) in [6.07, 6.45) is 0.751. The molecule has 0 aromatic carbocycles. The van der Waals surface area contributed by atoms with E-state index in [2.05, 4.69) is 10.0 Å². The monoisotopic (exact) mass is 317 g/mol. The van der Waals surface area contributed by atoms with E-state index in [4.69, 9.17) is 10.2 Å². The summed E-state index contributed by atoms with van der Waals surface area (Å²) in [6.45, 7) is 5.94. The Balaban J connectivity index is 2.93. The lowest BCUT2D eigenvalue weighted by Crippen LogP contribution is -2.41. The van der Waals surface area contributed by atoms with Gasteiger partial charge in [0.1, 0.15) is 5.76 Å². The van der Waals surface area contributed by atoms with E-state index < -0.39 is 10.0 Å². The molecule has 0 saturated carbocycles. The number of aryl methyl sites for hydroxylation is 1. The van der Waals surface area contributed by atoms with Crippen LogP contribution in [-0.2, 0) is 10.0 Å². The van der Waals surface area contributed by atoms with Crippen LogP contribution in [0.25, 0.3) is 0 Å². The molecule has 21 heavy (non-hydrogen) atoms. The lowest BCUT2D eigenvalue weighted by Gasteiger charge is -2.18. The van der Waals surface area contributed by atoms with Crippen LogP contribution in [0.5, 0.6) is 0 Å². The van der Waals surface area contributed by atoms with Gasteiger partial charge in [0.25, 0.3) is 15.9 Å². The summed E-state index contributed by atoms with van der Waals surface area (Å²) in [5.74, 6) is 0.260. The molecule has 1 amide bonds. The fourth-order valence-corrected chi connectivity index (χ4v) is 2.67. The van der Waals surface area contributed by atoms with E-state index in [9.17, 15) is 13.2 Å². The minimum Gasteiger partial charge on any atom is -0.448 e. The van der Waals surface area contributed by atoms with Gasteiger partial charge in [-0.2, -0.15) is 0 Å². The third-order valence-corrected chi connectivity index (χ3v) is 4.32. The van der Waals surface area contributed by atoms with Crippen molar-refractivity contribution in [1.82, 2.24) is 10.0 Å². The molecular formula is C13H23N3O4S. The fraction of sp³-hybridized carbons (Fsp3) is 0.615. The average Bonchev–Trinajstić information content (AvgIpc) is 2.80. The Morgan fingerprint density at radius 2 is 2.05 bits per heavy atom. The topological polar surface area (TPSA) is 114 Å². The molecule has 1 heterocycles. The van der Waals surface area contributed by atoms with Gasteiger partial charge in [-0.05, 0) is 26.3 Å². The number of nitrogens with two attached hydrogens (primary N) is 1. The molecule has 0 radical (unpaired) electrons. The maximum Gasteiger partial charge on any atom is 0.273 e. The lowest BCUT2D eigenvalue weighted by atomic mass is 10.0. The second-order valence-corrected chi connectivity index (χ2v) is 7.10. The van der Waals surface area contributed by atoms with Crippen LogP contribution in [0.1, 0.15) is 36.4 Å². The third kappa shape index (κ3) is 4.55. The van der Waals surface area contributed by atoms with Crippen molar-refractivity contribution in [2.75, 3.05) is 13.6 Å². The number of hydrogen-bond donors (Lipinski definition) is 3. The largest absolute Gasteiger partial charge is 0.448 e. The number of carbonyl (C=O) groups excluding carboxylic acids is 1. The van der Waals surface area contributed by atoms with E-state index in [1.165, 1.54) is 13.1 Å². The highest BCUT2D eigenvalue weighted by Crippen LogP contribution is 2.19. The minimum atomic E-state index is -3.71. The average molecular weight is 317 g/mol. The van der Waals surface area contributed by atoms with Crippen LogP contribution < -0.4 is 15.8 Å². The number of amides is 1. The van der Waals surface area contributed by atoms with Crippen LogP contribution in [0.3, 0.4) is 0 Å². The van der Waals surface area contributed by atoms with Crippen molar-refractivity contribution >= 4 is 15.9 Å². The number of rotatable bonds is 7. The zero-order chi connectivity index (χ0) is 16.2. The number of nitrogens with one attached hydrogen (secondary N) is 2. The van der Waals surface area contributed by atoms with Crippen molar-refractivity contribution in [3.05, 3.63) is 17.4 Å². The van der Waals surface area contributed by atoms with Crippen molar-refractivity contribution in [2.24, 2.45) is 11.7 Å². The second-order valence-electron chi connectivity index (χ2n) is 5.28.